The van der Waals surface area contributed by atoms with Crippen molar-refractivity contribution in [1.82, 2.24) is 14.9 Å². The van der Waals surface area contributed by atoms with Crippen molar-refractivity contribution in [2.24, 2.45) is 0 Å². The molecule has 146 valence electrons. The SMILES string of the molecule is CCN(c1cccc(C)c1)c1nc(NCCN(C)C)cc(-c2ccccc2)n1. The second-order valence-corrected chi connectivity index (χ2v) is 7.12. The van der Waals surface area contributed by atoms with E-state index in [4.69, 9.17) is 9.97 Å². The number of hydrogen-bond acceptors (Lipinski definition) is 5. The second kappa shape index (κ2) is 9.33. The van der Waals surface area contributed by atoms with Crippen LogP contribution < -0.4 is 10.2 Å². The molecule has 2 aromatic carbocycles. The Kier molecular flexibility index (Phi) is 6.61. The maximum atomic E-state index is 4.89. The second-order valence-electron chi connectivity index (χ2n) is 7.12. The van der Waals surface area contributed by atoms with Gasteiger partial charge in [0.15, 0.2) is 0 Å². The van der Waals surface area contributed by atoms with Gasteiger partial charge >= 0.3 is 0 Å². The first-order valence-corrected chi connectivity index (χ1v) is 9.74. The minimum absolute atomic E-state index is 0.710. The molecular formula is C23H29N5. The summed E-state index contributed by atoms with van der Waals surface area (Å²) >= 11 is 0. The Morgan fingerprint density at radius 3 is 2.39 bits per heavy atom. The van der Waals surface area contributed by atoms with Crippen LogP contribution in [0.1, 0.15) is 12.5 Å². The van der Waals surface area contributed by atoms with E-state index in [1.807, 2.05) is 24.3 Å². The molecule has 0 aliphatic heterocycles. The third kappa shape index (κ3) is 5.08. The highest BCUT2D eigenvalue weighted by Gasteiger charge is 2.14. The molecule has 28 heavy (non-hydrogen) atoms. The fourth-order valence-electron chi connectivity index (χ4n) is 3.05. The highest BCUT2D eigenvalue weighted by Crippen LogP contribution is 2.27. The summed E-state index contributed by atoms with van der Waals surface area (Å²) in [6, 6.07) is 20.7. The Balaban J connectivity index is 2.00. The van der Waals surface area contributed by atoms with E-state index in [2.05, 4.69) is 79.5 Å². The van der Waals surface area contributed by atoms with Gasteiger partial charge in [0.1, 0.15) is 5.82 Å². The molecule has 0 saturated carbocycles. The summed E-state index contributed by atoms with van der Waals surface area (Å²) in [6.07, 6.45) is 0. The van der Waals surface area contributed by atoms with Crippen LogP contribution in [0, 0.1) is 6.92 Å². The third-order valence-corrected chi connectivity index (χ3v) is 4.52. The highest BCUT2D eigenvalue weighted by molar-refractivity contribution is 5.67. The third-order valence-electron chi connectivity index (χ3n) is 4.52. The molecule has 0 amide bonds. The number of nitrogens with zero attached hydrogens (tertiary/aromatic N) is 4. The number of nitrogens with one attached hydrogen (secondary N) is 1. The van der Waals surface area contributed by atoms with Gasteiger partial charge in [0.05, 0.1) is 5.69 Å². The molecule has 1 N–H and O–H groups in total. The van der Waals surface area contributed by atoms with E-state index in [1.54, 1.807) is 0 Å². The number of aromatic nitrogens is 2. The molecule has 0 fully saturated rings. The zero-order chi connectivity index (χ0) is 19.9. The van der Waals surface area contributed by atoms with E-state index in [9.17, 15) is 0 Å². The molecule has 3 aromatic rings. The van der Waals surface area contributed by atoms with Crippen LogP contribution in [0.2, 0.25) is 0 Å². The first-order valence-electron chi connectivity index (χ1n) is 9.74. The number of hydrogen-bond donors (Lipinski definition) is 1. The maximum Gasteiger partial charge on any atom is 0.232 e. The standard InChI is InChI=1S/C23H29N5/c1-5-28(20-13-9-10-18(2)16-20)23-25-21(19-11-7-6-8-12-19)17-22(26-23)24-14-15-27(3)4/h6-13,16-17H,5,14-15H2,1-4H3,(H,24,25,26). The lowest BCUT2D eigenvalue weighted by atomic mass is 10.1. The van der Waals surface area contributed by atoms with Crippen LogP contribution in [-0.4, -0.2) is 48.6 Å². The van der Waals surface area contributed by atoms with Crippen molar-refractivity contribution in [3.8, 4) is 11.3 Å². The Bertz CT molecular complexity index is 893. The van der Waals surface area contributed by atoms with Gasteiger partial charge in [-0.15, -0.1) is 0 Å². The minimum Gasteiger partial charge on any atom is -0.369 e. The van der Waals surface area contributed by atoms with E-state index in [1.165, 1.54) is 5.56 Å². The first-order chi connectivity index (χ1) is 13.6. The smallest absolute Gasteiger partial charge is 0.232 e. The van der Waals surface area contributed by atoms with Crippen molar-refractivity contribution >= 4 is 17.5 Å². The van der Waals surface area contributed by atoms with Gasteiger partial charge in [-0.2, -0.15) is 4.98 Å². The Morgan fingerprint density at radius 2 is 1.71 bits per heavy atom. The average Bonchev–Trinajstić information content (AvgIpc) is 2.69. The molecular weight excluding hydrogens is 346 g/mol. The molecule has 1 aromatic heterocycles. The lowest BCUT2D eigenvalue weighted by molar-refractivity contribution is 0.425. The lowest BCUT2D eigenvalue weighted by Crippen LogP contribution is -2.23. The van der Waals surface area contributed by atoms with Crippen molar-refractivity contribution in [1.29, 1.82) is 0 Å². The van der Waals surface area contributed by atoms with Gasteiger partial charge in [-0.05, 0) is 45.6 Å². The van der Waals surface area contributed by atoms with Crippen molar-refractivity contribution in [3.63, 3.8) is 0 Å². The molecule has 0 aliphatic rings. The minimum atomic E-state index is 0.710. The number of anilines is 3. The molecule has 3 rings (SSSR count). The fourth-order valence-corrected chi connectivity index (χ4v) is 3.05. The van der Waals surface area contributed by atoms with Crippen molar-refractivity contribution in [3.05, 3.63) is 66.2 Å². The van der Waals surface area contributed by atoms with Gasteiger partial charge in [-0.1, -0.05) is 42.5 Å². The normalized spacial score (nSPS) is 10.9. The predicted molar refractivity (Wildman–Crippen MR) is 118 cm³/mol. The number of benzene rings is 2. The summed E-state index contributed by atoms with van der Waals surface area (Å²) in [4.78, 5) is 14.0. The fraction of sp³-hybridized carbons (Fsp3) is 0.304. The van der Waals surface area contributed by atoms with Crippen LogP contribution in [-0.2, 0) is 0 Å². The Hall–Kier alpha value is -2.92. The molecule has 0 radical (unpaired) electrons. The predicted octanol–water partition coefficient (Wildman–Crippen LogP) is 4.58. The van der Waals surface area contributed by atoms with Gasteiger partial charge in [-0.25, -0.2) is 4.98 Å². The van der Waals surface area contributed by atoms with Crippen LogP contribution in [0.4, 0.5) is 17.5 Å². The number of likely N-dealkylation sites (N-methyl/N-ethyl adjacent to an activating group) is 1. The molecule has 1 heterocycles. The van der Waals surface area contributed by atoms with E-state index < -0.39 is 0 Å². The molecule has 0 saturated heterocycles. The number of aryl methyl sites for hydroxylation is 1. The van der Waals surface area contributed by atoms with Gasteiger partial charge in [0, 0.05) is 37.0 Å². The summed E-state index contributed by atoms with van der Waals surface area (Å²) in [7, 11) is 4.14. The van der Waals surface area contributed by atoms with Gasteiger partial charge in [-0.3, -0.25) is 0 Å². The largest absolute Gasteiger partial charge is 0.369 e. The van der Waals surface area contributed by atoms with Gasteiger partial charge in [0.25, 0.3) is 0 Å². The molecule has 5 nitrogen and oxygen atoms in total. The lowest BCUT2D eigenvalue weighted by Gasteiger charge is -2.23. The summed E-state index contributed by atoms with van der Waals surface area (Å²) in [6.45, 7) is 6.79. The van der Waals surface area contributed by atoms with E-state index in [-0.39, 0.29) is 0 Å². The van der Waals surface area contributed by atoms with Crippen LogP contribution >= 0.6 is 0 Å². The van der Waals surface area contributed by atoms with E-state index in [0.29, 0.717) is 5.95 Å². The quantitative estimate of drug-likeness (QED) is 0.624. The summed E-state index contributed by atoms with van der Waals surface area (Å²) in [5, 5.41) is 3.45. The summed E-state index contributed by atoms with van der Waals surface area (Å²) < 4.78 is 0. The topological polar surface area (TPSA) is 44.3 Å². The van der Waals surface area contributed by atoms with Gasteiger partial charge < -0.3 is 15.1 Å². The summed E-state index contributed by atoms with van der Waals surface area (Å²) in [5.41, 5.74) is 4.33. The molecule has 0 unspecified atom stereocenters. The van der Waals surface area contributed by atoms with Crippen LogP contribution in [0.3, 0.4) is 0 Å². The molecule has 0 atom stereocenters. The van der Waals surface area contributed by atoms with Crippen molar-refractivity contribution in [2.45, 2.75) is 13.8 Å². The zero-order valence-electron chi connectivity index (χ0n) is 17.2. The monoisotopic (exact) mass is 375 g/mol. The zero-order valence-corrected chi connectivity index (χ0v) is 17.2. The first kappa shape index (κ1) is 19.8. The van der Waals surface area contributed by atoms with E-state index >= 15 is 0 Å². The van der Waals surface area contributed by atoms with Crippen LogP contribution in [0.5, 0.6) is 0 Å². The van der Waals surface area contributed by atoms with Gasteiger partial charge in [0.2, 0.25) is 5.95 Å². The molecule has 0 spiro atoms. The van der Waals surface area contributed by atoms with Crippen LogP contribution in [0.15, 0.2) is 60.7 Å². The molecule has 5 heteroatoms. The maximum absolute atomic E-state index is 4.89. The molecule has 0 aliphatic carbocycles. The number of rotatable bonds is 8. The molecule has 0 bridgehead atoms. The Labute approximate surface area is 168 Å². The highest BCUT2D eigenvalue weighted by atomic mass is 15.3. The summed E-state index contributed by atoms with van der Waals surface area (Å²) in [5.74, 6) is 1.55. The van der Waals surface area contributed by atoms with E-state index in [0.717, 1.165) is 42.4 Å². The average molecular weight is 376 g/mol. The van der Waals surface area contributed by atoms with Crippen molar-refractivity contribution in [2.75, 3.05) is 43.9 Å². The van der Waals surface area contributed by atoms with Crippen LogP contribution in [0.25, 0.3) is 11.3 Å². The Morgan fingerprint density at radius 1 is 0.929 bits per heavy atom. The van der Waals surface area contributed by atoms with Crippen molar-refractivity contribution < 1.29 is 0 Å².